The molecule has 0 N–H and O–H groups in total. The van der Waals surface area contributed by atoms with Crippen LogP contribution >= 0.6 is 0 Å². The molecule has 0 aliphatic rings. The summed E-state index contributed by atoms with van der Waals surface area (Å²) >= 11 is 0. The Labute approximate surface area is 145 Å². The maximum atomic E-state index is 12.4. The highest BCUT2D eigenvalue weighted by molar-refractivity contribution is 6.06. The molecule has 1 rings (SSSR count). The van der Waals surface area contributed by atoms with Crippen LogP contribution in [0.5, 0.6) is 0 Å². The summed E-state index contributed by atoms with van der Waals surface area (Å²) < 4.78 is 0. The average molecular weight is 330 g/mol. The number of benzene rings is 1. The lowest BCUT2D eigenvalue weighted by molar-refractivity contribution is 0.0979. The molecule has 132 valence electrons. The van der Waals surface area contributed by atoms with Crippen molar-refractivity contribution >= 4 is 17.3 Å². The van der Waals surface area contributed by atoms with Crippen molar-refractivity contribution in [1.82, 2.24) is 0 Å². The van der Waals surface area contributed by atoms with E-state index in [1.165, 1.54) is 0 Å². The van der Waals surface area contributed by atoms with Gasteiger partial charge < -0.3 is 0 Å². The molecule has 0 amide bonds. The molecular weight excluding hydrogens is 300 g/mol. The average Bonchev–Trinajstić information content (AvgIpc) is 2.61. The number of carbonyl (C=O) groups excluding carboxylic acids is 3. The van der Waals surface area contributed by atoms with E-state index in [0.717, 1.165) is 38.5 Å². The number of hydrogen-bond donors (Lipinski definition) is 0. The van der Waals surface area contributed by atoms with E-state index in [-0.39, 0.29) is 17.3 Å². The molecule has 3 heteroatoms. The van der Waals surface area contributed by atoms with Gasteiger partial charge in [-0.3, -0.25) is 14.4 Å². The molecule has 0 radical (unpaired) electrons. The normalized spacial score (nSPS) is 10.6. The van der Waals surface area contributed by atoms with Gasteiger partial charge in [-0.05, 0) is 37.5 Å². The lowest BCUT2D eigenvalue weighted by Gasteiger charge is -2.09. The Bertz CT molecular complexity index is 479. The molecule has 0 aliphatic heterocycles. The predicted octanol–water partition coefficient (Wildman–Crippen LogP) is 5.81. The van der Waals surface area contributed by atoms with Crippen LogP contribution in [0.3, 0.4) is 0 Å². The molecule has 3 nitrogen and oxygen atoms in total. The van der Waals surface area contributed by atoms with Gasteiger partial charge in [-0.25, -0.2) is 0 Å². The van der Waals surface area contributed by atoms with Crippen molar-refractivity contribution in [2.75, 3.05) is 0 Å². The summed E-state index contributed by atoms with van der Waals surface area (Å²) in [4.78, 5) is 37.1. The smallest absolute Gasteiger partial charge is 0.162 e. The SMILES string of the molecule is CCCCC(=O)c1cc(C(=O)CCCC)cc(C(=O)CCCC)c1. The van der Waals surface area contributed by atoms with Crippen LogP contribution in [-0.4, -0.2) is 17.3 Å². The van der Waals surface area contributed by atoms with Crippen molar-refractivity contribution in [3.05, 3.63) is 34.9 Å². The minimum atomic E-state index is 0.0199. The van der Waals surface area contributed by atoms with E-state index >= 15 is 0 Å². The lowest BCUT2D eigenvalue weighted by atomic mass is 9.94. The van der Waals surface area contributed by atoms with Gasteiger partial charge in [0.05, 0.1) is 0 Å². The van der Waals surface area contributed by atoms with Crippen molar-refractivity contribution in [3.8, 4) is 0 Å². The van der Waals surface area contributed by atoms with Gasteiger partial charge in [-0.1, -0.05) is 40.0 Å². The lowest BCUT2D eigenvalue weighted by Crippen LogP contribution is -2.08. The number of ketones is 3. The van der Waals surface area contributed by atoms with Gasteiger partial charge in [-0.15, -0.1) is 0 Å². The molecule has 0 bridgehead atoms. The summed E-state index contributed by atoms with van der Waals surface area (Å²) in [5.74, 6) is 0.0598. The van der Waals surface area contributed by atoms with Crippen LogP contribution in [0.1, 0.15) is 110 Å². The van der Waals surface area contributed by atoms with Crippen LogP contribution in [0.2, 0.25) is 0 Å². The van der Waals surface area contributed by atoms with Crippen LogP contribution in [0.15, 0.2) is 18.2 Å². The number of rotatable bonds is 12. The monoisotopic (exact) mass is 330 g/mol. The van der Waals surface area contributed by atoms with E-state index in [1.54, 1.807) is 18.2 Å². The summed E-state index contributed by atoms with van der Waals surface area (Å²) in [5, 5.41) is 0. The van der Waals surface area contributed by atoms with Crippen molar-refractivity contribution in [1.29, 1.82) is 0 Å². The van der Waals surface area contributed by atoms with E-state index in [0.29, 0.717) is 36.0 Å². The highest BCUT2D eigenvalue weighted by atomic mass is 16.1. The first-order valence-electron chi connectivity index (χ1n) is 9.28. The minimum Gasteiger partial charge on any atom is -0.294 e. The third-order valence-electron chi connectivity index (χ3n) is 4.17. The summed E-state index contributed by atoms with van der Waals surface area (Å²) in [7, 11) is 0. The Kier molecular flexibility index (Phi) is 9.21. The number of unbranched alkanes of at least 4 members (excludes halogenated alkanes) is 3. The topological polar surface area (TPSA) is 51.2 Å². The summed E-state index contributed by atoms with van der Waals surface area (Å²) in [6, 6.07) is 5.02. The molecule has 0 atom stereocenters. The second-order valence-corrected chi connectivity index (χ2v) is 6.38. The highest BCUT2D eigenvalue weighted by Gasteiger charge is 2.16. The van der Waals surface area contributed by atoms with Gasteiger partial charge in [0.25, 0.3) is 0 Å². The molecule has 0 fully saturated rings. The summed E-state index contributed by atoms with van der Waals surface area (Å²) in [5.41, 5.74) is 1.52. The quantitative estimate of drug-likeness (QED) is 0.455. The largest absolute Gasteiger partial charge is 0.294 e. The van der Waals surface area contributed by atoms with Gasteiger partial charge in [-0.2, -0.15) is 0 Å². The standard InChI is InChI=1S/C21H30O3/c1-4-7-10-19(22)16-13-17(20(23)11-8-5-2)15-18(14-16)21(24)12-9-6-3/h13-15H,4-12H2,1-3H3. The zero-order chi connectivity index (χ0) is 17.9. The molecular formula is C21H30O3. The van der Waals surface area contributed by atoms with Crippen LogP contribution in [0.25, 0.3) is 0 Å². The Morgan fingerprint density at radius 3 is 1.04 bits per heavy atom. The third-order valence-corrected chi connectivity index (χ3v) is 4.17. The van der Waals surface area contributed by atoms with Gasteiger partial charge in [0, 0.05) is 36.0 Å². The van der Waals surface area contributed by atoms with E-state index < -0.39 is 0 Å². The molecule has 1 aromatic rings. The second kappa shape index (κ2) is 10.9. The van der Waals surface area contributed by atoms with E-state index in [9.17, 15) is 14.4 Å². The fourth-order valence-corrected chi connectivity index (χ4v) is 2.56. The van der Waals surface area contributed by atoms with Crippen molar-refractivity contribution in [2.45, 2.75) is 78.6 Å². The Hall–Kier alpha value is -1.77. The van der Waals surface area contributed by atoms with Gasteiger partial charge in [0.15, 0.2) is 17.3 Å². The van der Waals surface area contributed by atoms with E-state index in [1.807, 2.05) is 20.8 Å². The second-order valence-electron chi connectivity index (χ2n) is 6.38. The zero-order valence-electron chi connectivity index (χ0n) is 15.3. The Morgan fingerprint density at radius 2 is 0.833 bits per heavy atom. The number of carbonyl (C=O) groups is 3. The summed E-state index contributed by atoms with van der Waals surface area (Å²) in [6.45, 7) is 6.12. The van der Waals surface area contributed by atoms with Gasteiger partial charge in [0.2, 0.25) is 0 Å². The predicted molar refractivity (Wildman–Crippen MR) is 98.0 cm³/mol. The fraction of sp³-hybridized carbons (Fsp3) is 0.571. The van der Waals surface area contributed by atoms with Crippen LogP contribution in [0, 0.1) is 0 Å². The van der Waals surface area contributed by atoms with E-state index in [2.05, 4.69) is 0 Å². The van der Waals surface area contributed by atoms with Gasteiger partial charge >= 0.3 is 0 Å². The first kappa shape index (κ1) is 20.3. The molecule has 0 spiro atoms. The highest BCUT2D eigenvalue weighted by Crippen LogP contribution is 2.18. The number of Topliss-reactive ketones (excluding diaryl/α,β-unsaturated/α-hetero) is 3. The molecule has 0 unspecified atom stereocenters. The minimum absolute atomic E-state index is 0.0199. The maximum Gasteiger partial charge on any atom is 0.162 e. The van der Waals surface area contributed by atoms with Crippen molar-refractivity contribution < 1.29 is 14.4 Å². The first-order valence-corrected chi connectivity index (χ1v) is 9.28. The molecule has 24 heavy (non-hydrogen) atoms. The molecule has 1 aromatic carbocycles. The van der Waals surface area contributed by atoms with Crippen molar-refractivity contribution in [3.63, 3.8) is 0 Å². The van der Waals surface area contributed by atoms with Crippen molar-refractivity contribution in [2.24, 2.45) is 0 Å². The molecule has 0 heterocycles. The maximum absolute atomic E-state index is 12.4. The van der Waals surface area contributed by atoms with E-state index in [4.69, 9.17) is 0 Å². The van der Waals surface area contributed by atoms with Crippen LogP contribution in [0.4, 0.5) is 0 Å². The summed E-state index contributed by atoms with van der Waals surface area (Å²) in [6.07, 6.45) is 6.71. The molecule has 0 saturated carbocycles. The first-order chi connectivity index (χ1) is 11.5. The van der Waals surface area contributed by atoms with Crippen LogP contribution < -0.4 is 0 Å². The van der Waals surface area contributed by atoms with Gasteiger partial charge in [0.1, 0.15) is 0 Å². The third kappa shape index (κ3) is 6.38. The fourth-order valence-electron chi connectivity index (χ4n) is 2.56. The zero-order valence-corrected chi connectivity index (χ0v) is 15.3. The molecule has 0 aliphatic carbocycles. The molecule has 0 aromatic heterocycles. The molecule has 0 saturated heterocycles. The van der Waals surface area contributed by atoms with Crippen LogP contribution in [-0.2, 0) is 0 Å². The number of hydrogen-bond acceptors (Lipinski definition) is 3. The Morgan fingerprint density at radius 1 is 0.583 bits per heavy atom. The Balaban J connectivity index is 3.11.